The van der Waals surface area contributed by atoms with Gasteiger partial charge in [0.25, 0.3) is 0 Å². The summed E-state index contributed by atoms with van der Waals surface area (Å²) in [7, 11) is -3.39. The van der Waals surface area contributed by atoms with Crippen molar-refractivity contribution in [3.63, 3.8) is 0 Å². The molecule has 0 bridgehead atoms. The monoisotopic (exact) mass is 214 g/mol. The van der Waals surface area contributed by atoms with E-state index in [1.807, 2.05) is 0 Å². The van der Waals surface area contributed by atoms with E-state index < -0.39 is 15.7 Å². The average Bonchev–Trinajstić information content (AvgIpc) is 2.92. The van der Waals surface area contributed by atoms with Crippen LogP contribution in [0.5, 0.6) is 0 Å². The molecule has 2 rings (SSSR count). The van der Waals surface area contributed by atoms with Crippen molar-refractivity contribution in [1.29, 1.82) is 0 Å². The first-order valence-electron chi connectivity index (χ1n) is 4.52. The van der Waals surface area contributed by atoms with Gasteiger partial charge in [-0.05, 0) is 31.4 Å². The van der Waals surface area contributed by atoms with Crippen LogP contribution in [0.1, 0.15) is 18.4 Å². The molecule has 0 unspecified atom stereocenters. The minimum atomic E-state index is -3.39. The Bertz CT molecular complexity index is 461. The fourth-order valence-electron chi connectivity index (χ4n) is 1.40. The maximum atomic E-state index is 13.5. The normalized spacial score (nSPS) is 17.0. The Balaban J connectivity index is 2.56. The zero-order valence-corrected chi connectivity index (χ0v) is 8.64. The Kier molecular flexibility index (Phi) is 2.10. The Morgan fingerprint density at radius 1 is 1.36 bits per heavy atom. The van der Waals surface area contributed by atoms with Crippen LogP contribution in [0, 0.1) is 12.7 Å². The molecule has 1 aromatic carbocycles. The summed E-state index contributed by atoms with van der Waals surface area (Å²) < 4.78 is 37.0. The molecule has 14 heavy (non-hydrogen) atoms. The molecular formula is C10H11FO2S. The number of benzene rings is 1. The first-order chi connectivity index (χ1) is 6.53. The smallest absolute Gasteiger partial charge is 0.184 e. The van der Waals surface area contributed by atoms with Gasteiger partial charge in [-0.1, -0.05) is 12.1 Å². The van der Waals surface area contributed by atoms with Crippen LogP contribution < -0.4 is 0 Å². The Labute approximate surface area is 82.7 Å². The molecule has 0 heterocycles. The molecule has 0 aliphatic heterocycles. The molecule has 0 N–H and O–H groups in total. The molecule has 1 fully saturated rings. The van der Waals surface area contributed by atoms with Crippen molar-refractivity contribution in [3.8, 4) is 0 Å². The summed E-state index contributed by atoms with van der Waals surface area (Å²) in [6.07, 6.45) is 1.32. The first-order valence-corrected chi connectivity index (χ1v) is 6.07. The third-order valence-corrected chi connectivity index (χ3v) is 4.70. The standard InChI is InChI=1S/C10H11FO2S/c1-7-3-2-4-9(10(7)11)14(12,13)8-5-6-8/h2-4,8H,5-6H2,1H3. The lowest BCUT2D eigenvalue weighted by molar-refractivity contribution is 0.561. The highest BCUT2D eigenvalue weighted by Crippen LogP contribution is 2.34. The van der Waals surface area contributed by atoms with E-state index in [9.17, 15) is 12.8 Å². The van der Waals surface area contributed by atoms with Crippen molar-refractivity contribution in [2.24, 2.45) is 0 Å². The van der Waals surface area contributed by atoms with Gasteiger partial charge in [-0.25, -0.2) is 12.8 Å². The van der Waals surface area contributed by atoms with Gasteiger partial charge in [0.15, 0.2) is 9.84 Å². The fourth-order valence-corrected chi connectivity index (χ4v) is 3.19. The average molecular weight is 214 g/mol. The van der Waals surface area contributed by atoms with Gasteiger partial charge in [0.1, 0.15) is 10.7 Å². The van der Waals surface area contributed by atoms with E-state index in [4.69, 9.17) is 0 Å². The molecule has 0 spiro atoms. The lowest BCUT2D eigenvalue weighted by atomic mass is 10.2. The lowest BCUT2D eigenvalue weighted by Crippen LogP contribution is -2.09. The molecule has 0 amide bonds. The second kappa shape index (κ2) is 3.05. The number of aryl methyl sites for hydroxylation is 1. The molecule has 1 aromatic rings. The van der Waals surface area contributed by atoms with Gasteiger partial charge in [-0.3, -0.25) is 0 Å². The van der Waals surface area contributed by atoms with E-state index in [2.05, 4.69) is 0 Å². The molecule has 1 aliphatic carbocycles. The molecule has 1 aliphatic rings. The van der Waals surface area contributed by atoms with Crippen LogP contribution in [0.2, 0.25) is 0 Å². The van der Waals surface area contributed by atoms with Crippen molar-refractivity contribution < 1.29 is 12.8 Å². The van der Waals surface area contributed by atoms with Crippen molar-refractivity contribution in [2.45, 2.75) is 29.9 Å². The largest absolute Gasteiger partial charge is 0.223 e. The van der Waals surface area contributed by atoms with E-state index in [0.717, 1.165) is 0 Å². The Hall–Kier alpha value is -0.900. The van der Waals surface area contributed by atoms with Crippen LogP contribution >= 0.6 is 0 Å². The lowest BCUT2D eigenvalue weighted by Gasteiger charge is -2.05. The number of rotatable bonds is 2. The van der Waals surface area contributed by atoms with E-state index >= 15 is 0 Å². The van der Waals surface area contributed by atoms with Gasteiger partial charge >= 0.3 is 0 Å². The number of sulfone groups is 1. The molecule has 76 valence electrons. The topological polar surface area (TPSA) is 34.1 Å². The van der Waals surface area contributed by atoms with Crippen LogP contribution in [0.3, 0.4) is 0 Å². The Morgan fingerprint density at radius 3 is 2.57 bits per heavy atom. The SMILES string of the molecule is Cc1cccc(S(=O)(=O)C2CC2)c1F. The molecule has 1 saturated carbocycles. The second-order valence-electron chi connectivity index (χ2n) is 3.63. The number of hydrogen-bond acceptors (Lipinski definition) is 2. The van der Waals surface area contributed by atoms with Gasteiger partial charge < -0.3 is 0 Å². The van der Waals surface area contributed by atoms with Crippen molar-refractivity contribution >= 4 is 9.84 Å². The van der Waals surface area contributed by atoms with Gasteiger partial charge in [-0.15, -0.1) is 0 Å². The van der Waals surface area contributed by atoms with E-state index in [1.54, 1.807) is 19.1 Å². The summed E-state index contributed by atoms with van der Waals surface area (Å²) >= 11 is 0. The summed E-state index contributed by atoms with van der Waals surface area (Å²) in [5.74, 6) is -0.598. The predicted octanol–water partition coefficient (Wildman–Crippen LogP) is 2.07. The fraction of sp³-hybridized carbons (Fsp3) is 0.400. The van der Waals surface area contributed by atoms with Gasteiger partial charge in [-0.2, -0.15) is 0 Å². The van der Waals surface area contributed by atoms with Gasteiger partial charge in [0.2, 0.25) is 0 Å². The van der Waals surface area contributed by atoms with E-state index in [0.29, 0.717) is 18.4 Å². The minimum absolute atomic E-state index is 0.139. The number of halogens is 1. The zero-order chi connectivity index (χ0) is 10.3. The van der Waals surface area contributed by atoms with Crippen LogP contribution in [0.4, 0.5) is 4.39 Å². The predicted molar refractivity (Wildman–Crippen MR) is 51.3 cm³/mol. The Morgan fingerprint density at radius 2 is 2.00 bits per heavy atom. The van der Waals surface area contributed by atoms with Crippen molar-refractivity contribution in [1.82, 2.24) is 0 Å². The molecule has 0 saturated heterocycles. The maximum absolute atomic E-state index is 13.5. The van der Waals surface area contributed by atoms with Crippen LogP contribution in [-0.4, -0.2) is 13.7 Å². The maximum Gasteiger partial charge on any atom is 0.184 e. The minimum Gasteiger partial charge on any atom is -0.223 e. The summed E-state index contributed by atoms with van der Waals surface area (Å²) in [6, 6.07) is 4.49. The molecule has 2 nitrogen and oxygen atoms in total. The van der Waals surface area contributed by atoms with Gasteiger partial charge in [0, 0.05) is 0 Å². The zero-order valence-electron chi connectivity index (χ0n) is 7.83. The third kappa shape index (κ3) is 1.43. The molecule has 0 atom stereocenters. The highest BCUT2D eigenvalue weighted by atomic mass is 32.2. The summed E-state index contributed by atoms with van der Waals surface area (Å²) in [6.45, 7) is 1.57. The van der Waals surface area contributed by atoms with Crippen LogP contribution in [0.25, 0.3) is 0 Å². The van der Waals surface area contributed by atoms with Crippen LogP contribution in [-0.2, 0) is 9.84 Å². The van der Waals surface area contributed by atoms with Crippen molar-refractivity contribution in [2.75, 3.05) is 0 Å². The van der Waals surface area contributed by atoms with E-state index in [-0.39, 0.29) is 10.1 Å². The van der Waals surface area contributed by atoms with Crippen molar-refractivity contribution in [3.05, 3.63) is 29.6 Å². The molecule has 0 radical (unpaired) electrons. The highest BCUT2D eigenvalue weighted by molar-refractivity contribution is 7.92. The summed E-state index contributed by atoms with van der Waals surface area (Å²) in [4.78, 5) is -0.139. The highest BCUT2D eigenvalue weighted by Gasteiger charge is 2.38. The molecule has 4 heteroatoms. The molecule has 0 aromatic heterocycles. The molecular weight excluding hydrogens is 203 g/mol. The third-order valence-electron chi connectivity index (χ3n) is 2.43. The quantitative estimate of drug-likeness (QED) is 0.755. The van der Waals surface area contributed by atoms with Crippen LogP contribution in [0.15, 0.2) is 23.1 Å². The van der Waals surface area contributed by atoms with E-state index in [1.165, 1.54) is 6.07 Å². The second-order valence-corrected chi connectivity index (χ2v) is 5.83. The summed E-state index contributed by atoms with van der Waals surface area (Å²) in [5, 5.41) is -0.348. The summed E-state index contributed by atoms with van der Waals surface area (Å²) in [5.41, 5.74) is 0.381. The van der Waals surface area contributed by atoms with Gasteiger partial charge in [0.05, 0.1) is 5.25 Å². The number of hydrogen-bond donors (Lipinski definition) is 0. The first kappa shape index (κ1) is 9.65.